The van der Waals surface area contributed by atoms with Gasteiger partial charge in [0.25, 0.3) is 5.91 Å². The Hall–Kier alpha value is -1.39. The van der Waals surface area contributed by atoms with E-state index in [-0.39, 0.29) is 11.3 Å². The van der Waals surface area contributed by atoms with Gasteiger partial charge in [0, 0.05) is 19.1 Å². The molecule has 1 aliphatic rings. The SMILES string of the molecule is CO[C@@H](C(=O)NCC1(C)COC1)c1ccccc1. The van der Waals surface area contributed by atoms with E-state index in [2.05, 4.69) is 12.2 Å². The highest BCUT2D eigenvalue weighted by atomic mass is 16.5. The van der Waals surface area contributed by atoms with E-state index in [9.17, 15) is 4.79 Å². The fraction of sp³-hybridized carbons (Fsp3) is 0.500. The minimum absolute atomic E-state index is 0.0740. The molecule has 1 fully saturated rings. The van der Waals surface area contributed by atoms with Gasteiger partial charge in [0.05, 0.1) is 13.2 Å². The topological polar surface area (TPSA) is 47.6 Å². The third kappa shape index (κ3) is 2.89. The molecule has 1 atom stereocenters. The Bertz CT molecular complexity index is 401. The molecule has 2 rings (SSSR count). The number of nitrogens with one attached hydrogen (secondary N) is 1. The minimum atomic E-state index is -0.546. The number of benzene rings is 1. The van der Waals surface area contributed by atoms with Gasteiger partial charge >= 0.3 is 0 Å². The first-order valence-corrected chi connectivity index (χ1v) is 6.08. The van der Waals surface area contributed by atoms with Crippen molar-refractivity contribution in [1.82, 2.24) is 5.32 Å². The molecule has 18 heavy (non-hydrogen) atoms. The van der Waals surface area contributed by atoms with Gasteiger partial charge in [0.2, 0.25) is 0 Å². The summed E-state index contributed by atoms with van der Waals surface area (Å²) in [5.41, 5.74) is 0.942. The smallest absolute Gasteiger partial charge is 0.253 e. The summed E-state index contributed by atoms with van der Waals surface area (Å²) in [7, 11) is 1.55. The second-order valence-electron chi connectivity index (χ2n) is 5.05. The van der Waals surface area contributed by atoms with E-state index in [0.29, 0.717) is 19.8 Å². The van der Waals surface area contributed by atoms with Crippen LogP contribution in [0.4, 0.5) is 0 Å². The van der Waals surface area contributed by atoms with Crippen LogP contribution in [-0.2, 0) is 14.3 Å². The van der Waals surface area contributed by atoms with Crippen molar-refractivity contribution < 1.29 is 14.3 Å². The molecule has 4 nitrogen and oxygen atoms in total. The number of carbonyl (C=O) groups is 1. The van der Waals surface area contributed by atoms with Crippen molar-refractivity contribution >= 4 is 5.91 Å². The van der Waals surface area contributed by atoms with Gasteiger partial charge in [0.15, 0.2) is 6.10 Å². The summed E-state index contributed by atoms with van der Waals surface area (Å²) in [6.45, 7) is 4.13. The predicted octanol–water partition coefficient (Wildman–Crippen LogP) is 1.53. The number of hydrogen-bond donors (Lipinski definition) is 1. The number of rotatable bonds is 5. The second kappa shape index (κ2) is 5.50. The van der Waals surface area contributed by atoms with Crippen LogP contribution in [0, 0.1) is 5.41 Å². The van der Waals surface area contributed by atoms with Crippen LogP contribution < -0.4 is 5.32 Å². The molecule has 0 spiro atoms. The second-order valence-corrected chi connectivity index (χ2v) is 5.05. The van der Waals surface area contributed by atoms with Crippen molar-refractivity contribution in [3.05, 3.63) is 35.9 Å². The van der Waals surface area contributed by atoms with Crippen LogP contribution in [0.5, 0.6) is 0 Å². The van der Waals surface area contributed by atoms with Gasteiger partial charge in [-0.05, 0) is 5.56 Å². The van der Waals surface area contributed by atoms with Crippen LogP contribution in [0.15, 0.2) is 30.3 Å². The van der Waals surface area contributed by atoms with Gasteiger partial charge in [-0.3, -0.25) is 4.79 Å². The molecular formula is C14H19NO3. The van der Waals surface area contributed by atoms with E-state index in [1.165, 1.54) is 0 Å². The first-order valence-electron chi connectivity index (χ1n) is 6.08. The molecule has 1 N–H and O–H groups in total. The average Bonchev–Trinajstić information content (AvgIpc) is 2.36. The zero-order valence-corrected chi connectivity index (χ0v) is 10.8. The molecule has 1 amide bonds. The molecule has 1 heterocycles. The van der Waals surface area contributed by atoms with Crippen molar-refractivity contribution in [2.45, 2.75) is 13.0 Å². The van der Waals surface area contributed by atoms with E-state index in [4.69, 9.17) is 9.47 Å². The van der Waals surface area contributed by atoms with Crippen LogP contribution in [0.2, 0.25) is 0 Å². The number of methoxy groups -OCH3 is 1. The van der Waals surface area contributed by atoms with E-state index >= 15 is 0 Å². The van der Waals surface area contributed by atoms with Crippen molar-refractivity contribution in [2.24, 2.45) is 5.41 Å². The summed E-state index contributed by atoms with van der Waals surface area (Å²) in [5, 5.41) is 2.93. The number of amides is 1. The molecular weight excluding hydrogens is 230 g/mol. The van der Waals surface area contributed by atoms with Crippen molar-refractivity contribution in [3.8, 4) is 0 Å². The summed E-state index contributed by atoms with van der Waals surface area (Å²) in [4.78, 5) is 12.1. The predicted molar refractivity (Wildman–Crippen MR) is 68.1 cm³/mol. The van der Waals surface area contributed by atoms with Crippen LogP contribution in [0.1, 0.15) is 18.6 Å². The molecule has 1 aliphatic heterocycles. The zero-order chi connectivity index (χ0) is 13.0. The molecule has 98 valence electrons. The van der Waals surface area contributed by atoms with Crippen LogP contribution in [0.25, 0.3) is 0 Å². The Labute approximate surface area is 107 Å². The fourth-order valence-electron chi connectivity index (χ4n) is 1.97. The van der Waals surface area contributed by atoms with Crippen LogP contribution in [0.3, 0.4) is 0 Å². The maximum atomic E-state index is 12.1. The lowest BCUT2D eigenvalue weighted by Crippen LogP contribution is -2.49. The summed E-state index contributed by atoms with van der Waals surface area (Å²) in [5.74, 6) is -0.100. The monoisotopic (exact) mass is 249 g/mol. The van der Waals surface area contributed by atoms with Crippen LogP contribution >= 0.6 is 0 Å². The van der Waals surface area contributed by atoms with Gasteiger partial charge in [-0.2, -0.15) is 0 Å². The highest BCUT2D eigenvalue weighted by Crippen LogP contribution is 2.25. The Morgan fingerprint density at radius 3 is 2.61 bits per heavy atom. The van der Waals surface area contributed by atoms with E-state index in [0.717, 1.165) is 5.56 Å². The largest absolute Gasteiger partial charge is 0.380 e. The maximum absolute atomic E-state index is 12.1. The molecule has 0 unspecified atom stereocenters. The molecule has 4 heteroatoms. The summed E-state index contributed by atoms with van der Waals surface area (Å²) in [6, 6.07) is 9.50. The first kappa shape index (κ1) is 13.1. The van der Waals surface area contributed by atoms with Gasteiger partial charge < -0.3 is 14.8 Å². The van der Waals surface area contributed by atoms with Gasteiger partial charge in [0.1, 0.15) is 0 Å². The standard InChI is InChI=1S/C14H19NO3/c1-14(9-18-10-14)8-15-13(16)12(17-2)11-6-4-3-5-7-11/h3-7,12H,8-10H2,1-2H3,(H,15,16)/t12-/m1/s1. The number of hydrogen-bond acceptors (Lipinski definition) is 3. The third-order valence-corrected chi connectivity index (χ3v) is 3.17. The molecule has 0 radical (unpaired) electrons. The Kier molecular flexibility index (Phi) is 3.99. The van der Waals surface area contributed by atoms with Gasteiger partial charge in [-0.25, -0.2) is 0 Å². The van der Waals surface area contributed by atoms with Crippen molar-refractivity contribution in [1.29, 1.82) is 0 Å². The van der Waals surface area contributed by atoms with E-state index in [1.807, 2.05) is 30.3 Å². The highest BCUT2D eigenvalue weighted by Gasteiger charge is 2.34. The fourth-order valence-corrected chi connectivity index (χ4v) is 1.97. The lowest BCUT2D eigenvalue weighted by atomic mass is 9.88. The first-order chi connectivity index (χ1) is 8.64. The summed E-state index contributed by atoms with van der Waals surface area (Å²) < 4.78 is 10.4. The third-order valence-electron chi connectivity index (χ3n) is 3.17. The molecule has 1 aromatic carbocycles. The van der Waals surface area contributed by atoms with E-state index < -0.39 is 6.10 Å². The Morgan fingerprint density at radius 1 is 1.44 bits per heavy atom. The van der Waals surface area contributed by atoms with Gasteiger partial charge in [-0.15, -0.1) is 0 Å². The van der Waals surface area contributed by atoms with Crippen molar-refractivity contribution in [2.75, 3.05) is 26.9 Å². The zero-order valence-electron chi connectivity index (χ0n) is 10.8. The molecule has 0 aromatic heterocycles. The highest BCUT2D eigenvalue weighted by molar-refractivity contribution is 5.82. The minimum Gasteiger partial charge on any atom is -0.380 e. The maximum Gasteiger partial charge on any atom is 0.253 e. The lowest BCUT2D eigenvalue weighted by molar-refractivity contribution is -0.136. The molecule has 1 aromatic rings. The summed E-state index contributed by atoms with van der Waals surface area (Å²) in [6.07, 6.45) is -0.546. The number of carbonyl (C=O) groups excluding carboxylic acids is 1. The van der Waals surface area contributed by atoms with Crippen molar-refractivity contribution in [3.63, 3.8) is 0 Å². The molecule has 0 saturated carbocycles. The number of ether oxygens (including phenoxy) is 2. The van der Waals surface area contributed by atoms with E-state index in [1.54, 1.807) is 7.11 Å². The molecule has 1 saturated heterocycles. The van der Waals surface area contributed by atoms with Crippen LogP contribution in [-0.4, -0.2) is 32.8 Å². The normalized spacial score (nSPS) is 18.8. The van der Waals surface area contributed by atoms with Gasteiger partial charge in [-0.1, -0.05) is 37.3 Å². The Morgan fingerprint density at radius 2 is 2.11 bits per heavy atom. The molecule has 0 aliphatic carbocycles. The lowest BCUT2D eigenvalue weighted by Gasteiger charge is -2.38. The summed E-state index contributed by atoms with van der Waals surface area (Å²) >= 11 is 0. The molecule has 0 bridgehead atoms. The Balaban J connectivity index is 1.94. The average molecular weight is 249 g/mol. The quantitative estimate of drug-likeness (QED) is 0.860.